The lowest BCUT2D eigenvalue weighted by Gasteiger charge is -2.10. The molecule has 2 rings (SSSR count). The van der Waals surface area contributed by atoms with E-state index in [4.69, 9.17) is 0 Å². The first-order chi connectivity index (χ1) is 8.59. The molecule has 0 aliphatic carbocycles. The Morgan fingerprint density at radius 2 is 2.06 bits per heavy atom. The smallest absolute Gasteiger partial charge is 0.267 e. The molecule has 18 heavy (non-hydrogen) atoms. The van der Waals surface area contributed by atoms with Crippen molar-refractivity contribution in [3.8, 4) is 0 Å². The van der Waals surface area contributed by atoms with Gasteiger partial charge in [0.25, 0.3) is 11.1 Å². The summed E-state index contributed by atoms with van der Waals surface area (Å²) in [5.41, 5.74) is -0.211. The minimum absolute atomic E-state index is 0.0776. The third-order valence-corrected chi connectivity index (χ3v) is 3.21. The van der Waals surface area contributed by atoms with Gasteiger partial charge in [0.15, 0.2) is 0 Å². The molecule has 0 unspecified atom stereocenters. The Hall–Kier alpha value is -1.69. The lowest BCUT2D eigenvalue weighted by atomic mass is 10.4. The van der Waals surface area contributed by atoms with Crippen LogP contribution in [0.3, 0.4) is 0 Å². The minimum atomic E-state index is -0.133. The Balaban J connectivity index is 2.27. The van der Waals surface area contributed by atoms with E-state index in [9.17, 15) is 9.59 Å². The summed E-state index contributed by atoms with van der Waals surface area (Å²) in [5.74, 6) is 0.632. The molecule has 0 saturated heterocycles. The molecule has 0 radical (unpaired) electrons. The van der Waals surface area contributed by atoms with Crippen molar-refractivity contribution in [3.05, 3.63) is 61.6 Å². The molecular formula is C12H12BrN3O2. The van der Waals surface area contributed by atoms with Crippen molar-refractivity contribution < 1.29 is 0 Å². The second-order valence-corrected chi connectivity index (χ2v) is 4.70. The Labute approximate surface area is 112 Å². The number of halogens is 1. The van der Waals surface area contributed by atoms with Gasteiger partial charge >= 0.3 is 0 Å². The van der Waals surface area contributed by atoms with Gasteiger partial charge in [-0.2, -0.15) is 0 Å². The van der Waals surface area contributed by atoms with E-state index >= 15 is 0 Å². The lowest BCUT2D eigenvalue weighted by Crippen LogP contribution is -2.28. The SMILES string of the molecule is Cc1ncc(Br)c(=O)n1CCn1ccccc1=O. The monoisotopic (exact) mass is 309 g/mol. The first-order valence-electron chi connectivity index (χ1n) is 5.47. The van der Waals surface area contributed by atoms with Crippen LogP contribution in [0.25, 0.3) is 0 Å². The number of rotatable bonds is 3. The first kappa shape index (κ1) is 12.8. The second-order valence-electron chi connectivity index (χ2n) is 3.84. The summed E-state index contributed by atoms with van der Waals surface area (Å²) in [6.45, 7) is 2.63. The number of aromatic nitrogens is 3. The number of aryl methyl sites for hydroxylation is 2. The Kier molecular flexibility index (Phi) is 3.76. The fraction of sp³-hybridized carbons (Fsp3) is 0.250. The van der Waals surface area contributed by atoms with E-state index in [0.717, 1.165) is 0 Å². The summed E-state index contributed by atoms with van der Waals surface area (Å²) in [6.07, 6.45) is 3.19. The fourth-order valence-corrected chi connectivity index (χ4v) is 1.98. The highest BCUT2D eigenvalue weighted by atomic mass is 79.9. The van der Waals surface area contributed by atoms with Crippen molar-refractivity contribution in [2.24, 2.45) is 0 Å². The molecular weight excluding hydrogens is 298 g/mol. The van der Waals surface area contributed by atoms with Crippen LogP contribution in [0.1, 0.15) is 5.82 Å². The fourth-order valence-electron chi connectivity index (χ4n) is 1.67. The maximum absolute atomic E-state index is 11.9. The van der Waals surface area contributed by atoms with Gasteiger partial charge in [0.05, 0.1) is 0 Å². The van der Waals surface area contributed by atoms with Crippen LogP contribution >= 0.6 is 15.9 Å². The van der Waals surface area contributed by atoms with E-state index in [2.05, 4.69) is 20.9 Å². The van der Waals surface area contributed by atoms with Gasteiger partial charge in [-0.1, -0.05) is 6.07 Å². The highest BCUT2D eigenvalue weighted by Gasteiger charge is 2.05. The maximum Gasteiger partial charge on any atom is 0.267 e. The van der Waals surface area contributed by atoms with Gasteiger partial charge in [-0.3, -0.25) is 14.2 Å². The standard InChI is InChI=1S/C12H12BrN3O2/c1-9-14-8-10(13)12(18)16(9)7-6-15-5-3-2-4-11(15)17/h2-5,8H,6-7H2,1H3. The molecule has 0 aliphatic heterocycles. The molecule has 0 aromatic carbocycles. The normalized spacial score (nSPS) is 10.6. The van der Waals surface area contributed by atoms with Gasteiger partial charge in [-0.15, -0.1) is 0 Å². The molecule has 0 spiro atoms. The van der Waals surface area contributed by atoms with Gasteiger partial charge in [-0.25, -0.2) is 4.98 Å². The summed E-state index contributed by atoms with van der Waals surface area (Å²) in [6, 6.07) is 4.97. The molecule has 5 nitrogen and oxygen atoms in total. The Bertz CT molecular complexity index is 676. The van der Waals surface area contributed by atoms with Crippen LogP contribution in [-0.2, 0) is 13.1 Å². The number of hydrogen-bond donors (Lipinski definition) is 0. The van der Waals surface area contributed by atoms with Gasteiger partial charge in [0.2, 0.25) is 0 Å². The van der Waals surface area contributed by atoms with Gasteiger partial charge in [0.1, 0.15) is 10.3 Å². The third kappa shape index (κ3) is 2.59. The first-order valence-corrected chi connectivity index (χ1v) is 6.26. The lowest BCUT2D eigenvalue weighted by molar-refractivity contribution is 0.533. The summed E-state index contributed by atoms with van der Waals surface area (Å²) in [4.78, 5) is 27.5. The molecule has 2 heterocycles. The third-order valence-electron chi connectivity index (χ3n) is 2.67. The highest BCUT2D eigenvalue weighted by molar-refractivity contribution is 9.10. The predicted octanol–water partition coefficient (Wildman–Crippen LogP) is 1.18. The van der Waals surface area contributed by atoms with E-state index in [0.29, 0.717) is 23.4 Å². The highest BCUT2D eigenvalue weighted by Crippen LogP contribution is 2.01. The molecule has 0 fully saturated rings. The number of pyridine rings is 1. The molecule has 0 aliphatic rings. The molecule has 0 amide bonds. The van der Waals surface area contributed by atoms with E-state index in [1.54, 1.807) is 34.4 Å². The van der Waals surface area contributed by atoms with E-state index in [1.807, 2.05) is 0 Å². The molecule has 0 saturated carbocycles. The minimum Gasteiger partial charge on any atom is -0.314 e. The van der Waals surface area contributed by atoms with Gasteiger partial charge < -0.3 is 4.57 Å². The molecule has 0 N–H and O–H groups in total. The van der Waals surface area contributed by atoms with E-state index in [1.165, 1.54) is 12.3 Å². The van der Waals surface area contributed by atoms with Crippen molar-refractivity contribution in [2.75, 3.05) is 0 Å². The van der Waals surface area contributed by atoms with Gasteiger partial charge in [0, 0.05) is 31.5 Å². The molecule has 6 heteroatoms. The van der Waals surface area contributed by atoms with E-state index < -0.39 is 0 Å². The maximum atomic E-state index is 11.9. The van der Waals surface area contributed by atoms with Gasteiger partial charge in [-0.05, 0) is 28.9 Å². The zero-order valence-electron chi connectivity index (χ0n) is 9.84. The van der Waals surface area contributed by atoms with Crippen LogP contribution in [-0.4, -0.2) is 14.1 Å². The van der Waals surface area contributed by atoms with Crippen LogP contribution in [0.2, 0.25) is 0 Å². The molecule has 2 aromatic rings. The van der Waals surface area contributed by atoms with Crippen molar-refractivity contribution >= 4 is 15.9 Å². The van der Waals surface area contributed by atoms with Crippen molar-refractivity contribution in [3.63, 3.8) is 0 Å². The van der Waals surface area contributed by atoms with E-state index in [-0.39, 0.29) is 11.1 Å². The summed E-state index contributed by atoms with van der Waals surface area (Å²) in [5, 5.41) is 0. The molecule has 94 valence electrons. The van der Waals surface area contributed by atoms with Crippen molar-refractivity contribution in [2.45, 2.75) is 20.0 Å². The zero-order valence-corrected chi connectivity index (χ0v) is 11.4. The second kappa shape index (κ2) is 5.30. The van der Waals surface area contributed by atoms with Crippen molar-refractivity contribution in [1.29, 1.82) is 0 Å². The zero-order chi connectivity index (χ0) is 13.1. The topological polar surface area (TPSA) is 56.9 Å². The van der Waals surface area contributed by atoms with Crippen LogP contribution in [0.5, 0.6) is 0 Å². The Morgan fingerprint density at radius 1 is 1.28 bits per heavy atom. The number of nitrogens with zero attached hydrogens (tertiary/aromatic N) is 3. The van der Waals surface area contributed by atoms with Crippen LogP contribution in [0.15, 0.2) is 44.7 Å². The quantitative estimate of drug-likeness (QED) is 0.855. The van der Waals surface area contributed by atoms with Crippen molar-refractivity contribution in [1.82, 2.24) is 14.1 Å². The largest absolute Gasteiger partial charge is 0.314 e. The summed E-state index contributed by atoms with van der Waals surface area (Å²) in [7, 11) is 0. The Morgan fingerprint density at radius 3 is 2.78 bits per heavy atom. The van der Waals surface area contributed by atoms with Crippen LogP contribution in [0, 0.1) is 6.92 Å². The van der Waals surface area contributed by atoms with Crippen LogP contribution < -0.4 is 11.1 Å². The summed E-state index contributed by atoms with van der Waals surface area (Å²) >= 11 is 3.16. The average molecular weight is 310 g/mol. The average Bonchev–Trinajstić information content (AvgIpc) is 2.36. The molecule has 0 atom stereocenters. The molecule has 0 bridgehead atoms. The number of hydrogen-bond acceptors (Lipinski definition) is 3. The predicted molar refractivity (Wildman–Crippen MR) is 71.6 cm³/mol. The summed E-state index contributed by atoms with van der Waals surface area (Å²) < 4.78 is 3.53. The molecule has 2 aromatic heterocycles. The van der Waals surface area contributed by atoms with Crippen LogP contribution in [0.4, 0.5) is 0 Å².